The Morgan fingerprint density at radius 3 is 2.79 bits per heavy atom. The molecule has 0 saturated heterocycles. The number of aliphatic hydroxyl groups excluding tert-OH is 1. The summed E-state index contributed by atoms with van der Waals surface area (Å²) in [5, 5.41) is 14.2. The Labute approximate surface area is 176 Å². The summed E-state index contributed by atoms with van der Waals surface area (Å²) >= 11 is 1.64. The minimum absolute atomic E-state index is 0.165. The topological polar surface area (TPSA) is 75.1 Å². The molecule has 5 nitrogen and oxygen atoms in total. The predicted octanol–water partition coefficient (Wildman–Crippen LogP) is 3.70. The zero-order valence-corrected chi connectivity index (χ0v) is 17.8. The third-order valence-electron chi connectivity index (χ3n) is 6.07. The Morgan fingerprint density at radius 2 is 2.03 bits per heavy atom. The van der Waals surface area contributed by atoms with Gasteiger partial charge in [0.2, 0.25) is 0 Å². The summed E-state index contributed by atoms with van der Waals surface area (Å²) in [4.78, 5) is 22.1. The number of hydrogen-bond acceptors (Lipinski definition) is 5. The molecule has 2 aliphatic rings. The molecule has 1 fully saturated rings. The second-order valence-corrected chi connectivity index (χ2v) is 8.94. The van der Waals surface area contributed by atoms with Gasteiger partial charge in [0.1, 0.15) is 5.69 Å². The summed E-state index contributed by atoms with van der Waals surface area (Å²) in [6.45, 7) is 0. The van der Waals surface area contributed by atoms with Crippen molar-refractivity contribution in [2.75, 3.05) is 6.26 Å². The lowest BCUT2D eigenvalue weighted by atomic mass is 9.89. The van der Waals surface area contributed by atoms with Crippen LogP contribution in [-0.2, 0) is 19.3 Å². The second-order valence-electron chi connectivity index (χ2n) is 8.12. The molecule has 2 N–H and O–H groups in total. The van der Waals surface area contributed by atoms with Gasteiger partial charge in [0, 0.05) is 11.9 Å². The van der Waals surface area contributed by atoms with E-state index in [9.17, 15) is 9.90 Å². The van der Waals surface area contributed by atoms with Gasteiger partial charge in [-0.2, -0.15) is 0 Å². The van der Waals surface area contributed by atoms with Crippen LogP contribution in [-0.4, -0.2) is 39.4 Å². The first-order valence-corrected chi connectivity index (χ1v) is 11.9. The van der Waals surface area contributed by atoms with Gasteiger partial charge in [0.05, 0.1) is 17.2 Å². The molecule has 0 radical (unpaired) electrons. The van der Waals surface area contributed by atoms with Crippen molar-refractivity contribution in [3.63, 3.8) is 0 Å². The number of hydrogen-bond donors (Lipinski definition) is 2. The van der Waals surface area contributed by atoms with Crippen LogP contribution in [0.15, 0.2) is 29.4 Å². The monoisotopic (exact) mass is 411 g/mol. The maximum Gasteiger partial charge on any atom is 0.270 e. The number of pyridine rings is 2. The number of fused-ring (bicyclic) bond motifs is 1. The Hall–Kier alpha value is -1.92. The van der Waals surface area contributed by atoms with E-state index in [4.69, 9.17) is 4.98 Å². The van der Waals surface area contributed by atoms with E-state index in [2.05, 4.69) is 16.4 Å². The fraction of sp³-hybridized carbons (Fsp3) is 0.522. The fourth-order valence-electron chi connectivity index (χ4n) is 4.44. The lowest BCUT2D eigenvalue weighted by Gasteiger charge is -2.28. The molecule has 1 saturated carbocycles. The number of carbonyl (C=O) groups excluding carboxylic acids is 1. The van der Waals surface area contributed by atoms with Crippen LogP contribution in [0.3, 0.4) is 0 Å². The number of amides is 1. The van der Waals surface area contributed by atoms with Crippen LogP contribution in [0, 0.1) is 0 Å². The van der Waals surface area contributed by atoms with Crippen molar-refractivity contribution in [2.45, 2.75) is 75.0 Å². The third kappa shape index (κ3) is 4.81. The Bertz CT molecular complexity index is 869. The van der Waals surface area contributed by atoms with Crippen LogP contribution in [0.2, 0.25) is 0 Å². The number of aliphatic hydroxyl groups is 1. The zero-order chi connectivity index (χ0) is 20.2. The van der Waals surface area contributed by atoms with Crippen LogP contribution in [0.25, 0.3) is 0 Å². The van der Waals surface area contributed by atoms with Crippen molar-refractivity contribution in [2.24, 2.45) is 0 Å². The van der Waals surface area contributed by atoms with Gasteiger partial charge in [-0.1, -0.05) is 18.9 Å². The molecule has 2 aromatic heterocycles. The highest BCUT2D eigenvalue weighted by molar-refractivity contribution is 7.98. The number of carbonyl (C=O) groups is 1. The fourth-order valence-corrected chi connectivity index (χ4v) is 4.80. The minimum atomic E-state index is -0.453. The van der Waals surface area contributed by atoms with Gasteiger partial charge in [-0.25, -0.2) is 9.97 Å². The minimum Gasteiger partial charge on any atom is -0.391 e. The summed E-state index contributed by atoms with van der Waals surface area (Å²) < 4.78 is 0. The molecule has 154 valence electrons. The standard InChI is InChI=1S/C23H29N3O2S/c1-29-22-11-10-15(14-24-22)12-16-13-20(25-18-7-3-2-6-17(16)18)23(28)26-19-8-4-5-9-21(19)27/h10-11,13-14,19,21,27H,2-9,12H2,1H3,(H,26,28). The van der Waals surface area contributed by atoms with Gasteiger partial charge in [0.25, 0.3) is 5.91 Å². The average molecular weight is 412 g/mol. The smallest absolute Gasteiger partial charge is 0.270 e. The van der Waals surface area contributed by atoms with Crippen molar-refractivity contribution in [1.29, 1.82) is 0 Å². The van der Waals surface area contributed by atoms with Crippen molar-refractivity contribution in [1.82, 2.24) is 15.3 Å². The van der Waals surface area contributed by atoms with Crippen LogP contribution in [0.5, 0.6) is 0 Å². The van der Waals surface area contributed by atoms with Crippen LogP contribution >= 0.6 is 11.8 Å². The summed E-state index contributed by atoms with van der Waals surface area (Å²) in [5.74, 6) is -0.165. The SMILES string of the molecule is CSc1ccc(Cc2cc(C(=O)NC3CCCCC3O)nc3c2CCCC3)cn1. The molecule has 2 heterocycles. The van der Waals surface area contributed by atoms with E-state index in [0.29, 0.717) is 5.69 Å². The molecule has 0 aromatic carbocycles. The van der Waals surface area contributed by atoms with E-state index in [1.165, 1.54) is 17.5 Å². The Kier molecular flexibility index (Phi) is 6.50. The second kappa shape index (κ2) is 9.26. The summed E-state index contributed by atoms with van der Waals surface area (Å²) in [5.41, 5.74) is 5.18. The highest BCUT2D eigenvalue weighted by Crippen LogP contribution is 2.27. The van der Waals surface area contributed by atoms with Crippen LogP contribution in [0.4, 0.5) is 0 Å². The van der Waals surface area contributed by atoms with Gasteiger partial charge in [0.15, 0.2) is 0 Å². The molecule has 29 heavy (non-hydrogen) atoms. The van der Waals surface area contributed by atoms with E-state index >= 15 is 0 Å². The Balaban J connectivity index is 1.59. The molecule has 2 aromatic rings. The number of nitrogens with zero attached hydrogens (tertiary/aromatic N) is 2. The first-order valence-electron chi connectivity index (χ1n) is 10.6. The van der Waals surface area contributed by atoms with E-state index in [1.807, 2.05) is 24.6 Å². The lowest BCUT2D eigenvalue weighted by Crippen LogP contribution is -2.45. The maximum atomic E-state index is 12.9. The summed E-state index contributed by atoms with van der Waals surface area (Å²) in [6.07, 6.45) is 12.2. The molecule has 1 amide bonds. The third-order valence-corrected chi connectivity index (χ3v) is 6.73. The van der Waals surface area contributed by atoms with Crippen molar-refractivity contribution in [3.8, 4) is 0 Å². The van der Waals surface area contributed by atoms with Crippen LogP contribution < -0.4 is 5.32 Å². The first kappa shape index (κ1) is 20.4. The average Bonchev–Trinajstić information content (AvgIpc) is 2.76. The molecule has 2 atom stereocenters. The van der Waals surface area contributed by atoms with E-state index in [0.717, 1.165) is 67.6 Å². The summed E-state index contributed by atoms with van der Waals surface area (Å²) in [6, 6.07) is 5.95. The van der Waals surface area contributed by atoms with E-state index in [-0.39, 0.29) is 11.9 Å². The van der Waals surface area contributed by atoms with Crippen molar-refractivity contribution >= 4 is 17.7 Å². The molecule has 0 aliphatic heterocycles. The normalized spacial score (nSPS) is 21.4. The van der Waals surface area contributed by atoms with Crippen molar-refractivity contribution < 1.29 is 9.90 Å². The van der Waals surface area contributed by atoms with Crippen molar-refractivity contribution in [3.05, 3.63) is 52.5 Å². The number of thioether (sulfide) groups is 1. The zero-order valence-electron chi connectivity index (χ0n) is 17.0. The molecule has 2 aliphatic carbocycles. The molecule has 6 heteroatoms. The molecule has 4 rings (SSSR count). The largest absolute Gasteiger partial charge is 0.391 e. The number of nitrogens with one attached hydrogen (secondary N) is 1. The quantitative estimate of drug-likeness (QED) is 0.734. The number of aromatic nitrogens is 2. The van der Waals surface area contributed by atoms with Crippen LogP contribution in [0.1, 0.15) is 71.4 Å². The lowest BCUT2D eigenvalue weighted by molar-refractivity contribution is 0.0713. The molecule has 2 unspecified atom stereocenters. The summed E-state index contributed by atoms with van der Waals surface area (Å²) in [7, 11) is 0. The molecule has 0 spiro atoms. The molecular weight excluding hydrogens is 382 g/mol. The van der Waals surface area contributed by atoms with Gasteiger partial charge in [-0.3, -0.25) is 4.79 Å². The van der Waals surface area contributed by atoms with E-state index < -0.39 is 6.10 Å². The van der Waals surface area contributed by atoms with E-state index in [1.54, 1.807) is 11.8 Å². The Morgan fingerprint density at radius 1 is 1.21 bits per heavy atom. The predicted molar refractivity (Wildman–Crippen MR) is 115 cm³/mol. The highest BCUT2D eigenvalue weighted by atomic mass is 32.2. The molecular formula is C23H29N3O2S. The highest BCUT2D eigenvalue weighted by Gasteiger charge is 2.26. The molecule has 0 bridgehead atoms. The van der Waals surface area contributed by atoms with Gasteiger partial charge in [-0.15, -0.1) is 11.8 Å². The maximum absolute atomic E-state index is 12.9. The number of aryl methyl sites for hydroxylation is 1. The van der Waals surface area contributed by atoms with Gasteiger partial charge in [-0.05, 0) is 80.0 Å². The van der Waals surface area contributed by atoms with Gasteiger partial charge < -0.3 is 10.4 Å². The number of rotatable bonds is 5. The first-order chi connectivity index (χ1) is 14.1. The van der Waals surface area contributed by atoms with Gasteiger partial charge >= 0.3 is 0 Å².